The molecule has 0 amide bonds. The van der Waals surface area contributed by atoms with Crippen LogP contribution in [0.25, 0.3) is 21.5 Å². The van der Waals surface area contributed by atoms with Gasteiger partial charge in [-0.05, 0) is 61.0 Å². The van der Waals surface area contributed by atoms with Gasteiger partial charge in [0.15, 0.2) is 0 Å². The molecule has 5 heteroatoms. The maximum Gasteiger partial charge on any atom is 0.335 e. The Labute approximate surface area is 132 Å². The molecule has 0 saturated heterocycles. The Morgan fingerprint density at radius 3 is 2.82 bits per heavy atom. The summed E-state index contributed by atoms with van der Waals surface area (Å²) in [5.74, 6) is -0.895. The molecule has 0 saturated carbocycles. The number of nitrogens with two attached hydrogens (primary N) is 1. The van der Waals surface area contributed by atoms with E-state index >= 15 is 0 Å². The van der Waals surface area contributed by atoms with Crippen LogP contribution in [0.3, 0.4) is 0 Å². The number of aromatic amines is 1. The number of unbranched alkanes of at least 4 members (excludes halogenated alkanes) is 1. The van der Waals surface area contributed by atoms with E-state index < -0.39 is 5.97 Å². The number of H-pyrrole nitrogens is 1. The normalized spacial score (nSPS) is 11.1. The van der Waals surface area contributed by atoms with Crippen molar-refractivity contribution in [3.8, 4) is 10.6 Å². The number of carboxylic acid groups (broad SMARTS) is 1. The van der Waals surface area contributed by atoms with Crippen molar-refractivity contribution in [2.45, 2.75) is 19.3 Å². The highest BCUT2D eigenvalue weighted by atomic mass is 32.1. The first-order valence-corrected chi connectivity index (χ1v) is 8.20. The lowest BCUT2D eigenvalue weighted by Crippen LogP contribution is -1.99. The van der Waals surface area contributed by atoms with Gasteiger partial charge in [-0.25, -0.2) is 4.79 Å². The van der Waals surface area contributed by atoms with Gasteiger partial charge in [0.05, 0.1) is 16.1 Å². The first-order chi connectivity index (χ1) is 10.7. The van der Waals surface area contributed by atoms with Gasteiger partial charge in [0.1, 0.15) is 0 Å². The van der Waals surface area contributed by atoms with Crippen molar-refractivity contribution in [3.63, 3.8) is 0 Å². The number of rotatable bonds is 6. The van der Waals surface area contributed by atoms with E-state index in [-0.39, 0.29) is 0 Å². The van der Waals surface area contributed by atoms with Crippen LogP contribution in [0.2, 0.25) is 0 Å². The molecule has 2 aromatic heterocycles. The predicted octanol–water partition coefficient (Wildman–Crippen LogP) is 3.88. The molecule has 4 nitrogen and oxygen atoms in total. The van der Waals surface area contributed by atoms with E-state index in [1.165, 1.54) is 10.4 Å². The van der Waals surface area contributed by atoms with Crippen molar-refractivity contribution in [2.75, 3.05) is 6.54 Å². The van der Waals surface area contributed by atoms with Crippen molar-refractivity contribution < 1.29 is 9.90 Å². The SMILES string of the molecule is NCCCCc1c(-c2cccs2)[nH]c2ccc(C(=O)O)cc12. The number of thiophene rings is 1. The highest BCUT2D eigenvalue weighted by molar-refractivity contribution is 7.13. The van der Waals surface area contributed by atoms with Gasteiger partial charge >= 0.3 is 5.97 Å². The molecule has 0 radical (unpaired) electrons. The molecule has 4 N–H and O–H groups in total. The number of benzene rings is 1. The molecule has 1 aromatic carbocycles. The van der Waals surface area contributed by atoms with Crippen molar-refractivity contribution in [1.82, 2.24) is 4.98 Å². The molecule has 2 heterocycles. The van der Waals surface area contributed by atoms with Crippen molar-refractivity contribution >= 4 is 28.2 Å². The monoisotopic (exact) mass is 314 g/mol. The summed E-state index contributed by atoms with van der Waals surface area (Å²) in [4.78, 5) is 15.8. The van der Waals surface area contributed by atoms with Crippen molar-refractivity contribution in [1.29, 1.82) is 0 Å². The van der Waals surface area contributed by atoms with Gasteiger partial charge in [0.2, 0.25) is 0 Å². The fourth-order valence-electron chi connectivity index (χ4n) is 2.72. The van der Waals surface area contributed by atoms with Gasteiger partial charge in [-0.1, -0.05) is 6.07 Å². The summed E-state index contributed by atoms with van der Waals surface area (Å²) in [5.41, 5.74) is 9.19. The van der Waals surface area contributed by atoms with Crippen LogP contribution in [0.5, 0.6) is 0 Å². The molecule has 0 fully saturated rings. The molecule has 0 aliphatic heterocycles. The Balaban J connectivity index is 2.12. The average Bonchev–Trinajstić information content (AvgIpc) is 3.14. The Morgan fingerprint density at radius 1 is 1.27 bits per heavy atom. The van der Waals surface area contributed by atoms with E-state index in [2.05, 4.69) is 11.1 Å². The van der Waals surface area contributed by atoms with E-state index in [1.54, 1.807) is 23.5 Å². The summed E-state index contributed by atoms with van der Waals surface area (Å²) < 4.78 is 0. The van der Waals surface area contributed by atoms with Gasteiger partial charge in [0, 0.05) is 10.9 Å². The van der Waals surface area contributed by atoms with Crippen LogP contribution in [-0.2, 0) is 6.42 Å². The first-order valence-electron chi connectivity index (χ1n) is 7.32. The van der Waals surface area contributed by atoms with Gasteiger partial charge in [-0.3, -0.25) is 0 Å². The Kier molecular flexibility index (Phi) is 4.27. The summed E-state index contributed by atoms with van der Waals surface area (Å²) in [7, 11) is 0. The second-order valence-electron chi connectivity index (χ2n) is 5.27. The summed E-state index contributed by atoms with van der Waals surface area (Å²) >= 11 is 1.68. The van der Waals surface area contributed by atoms with Crippen LogP contribution >= 0.6 is 11.3 Å². The maximum atomic E-state index is 11.2. The number of aromatic carboxylic acids is 1. The minimum Gasteiger partial charge on any atom is -0.478 e. The molecule has 0 aliphatic rings. The molecule has 114 valence electrons. The highest BCUT2D eigenvalue weighted by Gasteiger charge is 2.15. The highest BCUT2D eigenvalue weighted by Crippen LogP contribution is 2.34. The summed E-state index contributed by atoms with van der Waals surface area (Å²) in [6.07, 6.45) is 2.86. The molecule has 0 atom stereocenters. The van der Waals surface area contributed by atoms with Gasteiger partial charge < -0.3 is 15.8 Å². The lowest BCUT2D eigenvalue weighted by molar-refractivity contribution is 0.0697. The third-order valence-corrected chi connectivity index (χ3v) is 4.69. The Hall–Kier alpha value is -2.11. The summed E-state index contributed by atoms with van der Waals surface area (Å²) in [6, 6.07) is 9.37. The number of hydrogen-bond donors (Lipinski definition) is 3. The number of aryl methyl sites for hydroxylation is 1. The van der Waals surface area contributed by atoms with Crippen LogP contribution in [0.4, 0.5) is 0 Å². The van der Waals surface area contributed by atoms with E-state index in [9.17, 15) is 9.90 Å². The van der Waals surface area contributed by atoms with Crippen LogP contribution in [-0.4, -0.2) is 22.6 Å². The van der Waals surface area contributed by atoms with E-state index in [0.717, 1.165) is 35.9 Å². The number of aromatic nitrogens is 1. The number of hydrogen-bond acceptors (Lipinski definition) is 3. The van der Waals surface area contributed by atoms with Crippen LogP contribution in [0.15, 0.2) is 35.7 Å². The largest absolute Gasteiger partial charge is 0.478 e. The minimum absolute atomic E-state index is 0.323. The quantitative estimate of drug-likeness (QED) is 0.604. The molecule has 0 spiro atoms. The Morgan fingerprint density at radius 2 is 2.14 bits per heavy atom. The number of carboxylic acids is 1. The fourth-order valence-corrected chi connectivity index (χ4v) is 3.47. The van der Waals surface area contributed by atoms with E-state index in [0.29, 0.717) is 12.1 Å². The fraction of sp³-hybridized carbons (Fsp3) is 0.235. The molecule has 3 aromatic rings. The maximum absolute atomic E-state index is 11.2. The predicted molar refractivity (Wildman–Crippen MR) is 90.6 cm³/mol. The van der Waals surface area contributed by atoms with E-state index in [4.69, 9.17) is 5.73 Å². The molecule has 0 aliphatic carbocycles. The Bertz CT molecular complexity index is 790. The first kappa shape index (κ1) is 14.8. The van der Waals surface area contributed by atoms with E-state index in [1.807, 2.05) is 17.5 Å². The zero-order valence-corrected chi connectivity index (χ0v) is 13.0. The molecule has 0 bridgehead atoms. The second kappa shape index (κ2) is 6.34. The third-order valence-electron chi connectivity index (χ3n) is 3.80. The van der Waals surface area contributed by atoms with Crippen molar-refractivity contribution in [2.24, 2.45) is 5.73 Å². The van der Waals surface area contributed by atoms with Crippen LogP contribution < -0.4 is 5.73 Å². The zero-order chi connectivity index (χ0) is 15.5. The average molecular weight is 314 g/mol. The standard InChI is InChI=1S/C17H18N2O2S/c18-8-2-1-4-12-13-10-11(17(20)21)6-7-14(13)19-16(12)15-5-3-9-22-15/h3,5-7,9-10,19H,1-2,4,8,18H2,(H,20,21). The molecular weight excluding hydrogens is 296 g/mol. The van der Waals surface area contributed by atoms with Gasteiger partial charge in [-0.2, -0.15) is 0 Å². The number of carbonyl (C=O) groups is 1. The summed E-state index contributed by atoms with van der Waals surface area (Å²) in [5, 5.41) is 12.3. The second-order valence-corrected chi connectivity index (χ2v) is 6.21. The van der Waals surface area contributed by atoms with Crippen LogP contribution in [0.1, 0.15) is 28.8 Å². The lowest BCUT2D eigenvalue weighted by Gasteiger charge is -2.03. The van der Waals surface area contributed by atoms with Gasteiger partial charge in [-0.15, -0.1) is 11.3 Å². The summed E-state index contributed by atoms with van der Waals surface area (Å²) in [6.45, 7) is 0.678. The smallest absolute Gasteiger partial charge is 0.335 e. The number of nitrogens with one attached hydrogen (secondary N) is 1. The topological polar surface area (TPSA) is 79.1 Å². The lowest BCUT2D eigenvalue weighted by atomic mass is 10.0. The van der Waals surface area contributed by atoms with Crippen LogP contribution in [0, 0.1) is 0 Å². The molecule has 3 rings (SSSR count). The third kappa shape index (κ3) is 2.77. The molecule has 22 heavy (non-hydrogen) atoms. The van der Waals surface area contributed by atoms with Crippen molar-refractivity contribution in [3.05, 3.63) is 46.8 Å². The molecule has 0 unspecified atom stereocenters. The van der Waals surface area contributed by atoms with Gasteiger partial charge in [0.25, 0.3) is 0 Å². The zero-order valence-electron chi connectivity index (χ0n) is 12.1. The minimum atomic E-state index is -0.895. The molecular formula is C17H18N2O2S. The number of fused-ring (bicyclic) bond motifs is 1.